The molecule has 3 heterocycles. The predicted octanol–water partition coefficient (Wildman–Crippen LogP) is 1.16. The van der Waals surface area contributed by atoms with Crippen LogP contribution in [0.15, 0.2) is 27.7 Å². The topological polar surface area (TPSA) is 109 Å². The Labute approximate surface area is 152 Å². The largest absolute Gasteiger partial charge is 0.367 e. The smallest absolute Gasteiger partial charge is 0.268 e. The molecule has 0 saturated carbocycles. The van der Waals surface area contributed by atoms with Gasteiger partial charge in [-0.3, -0.25) is 9.52 Å². The van der Waals surface area contributed by atoms with Crippen LogP contribution in [0.3, 0.4) is 0 Å². The quantitative estimate of drug-likeness (QED) is 0.849. The van der Waals surface area contributed by atoms with Gasteiger partial charge >= 0.3 is 0 Å². The number of nitrogens with one attached hydrogen (secondary N) is 1. The van der Waals surface area contributed by atoms with E-state index in [1.807, 2.05) is 6.07 Å². The highest BCUT2D eigenvalue weighted by molar-refractivity contribution is 7.92. The highest BCUT2D eigenvalue weighted by atomic mass is 32.2. The van der Waals surface area contributed by atoms with Crippen LogP contribution in [-0.2, 0) is 14.8 Å². The van der Waals surface area contributed by atoms with Gasteiger partial charge in [0.05, 0.1) is 11.9 Å². The number of pyridine rings is 1. The Hall–Kier alpha value is -2.62. The van der Waals surface area contributed by atoms with Gasteiger partial charge in [0.1, 0.15) is 11.5 Å². The summed E-state index contributed by atoms with van der Waals surface area (Å²) in [6.45, 7) is 7.44. The highest BCUT2D eigenvalue weighted by Crippen LogP contribution is 2.23. The number of aryl methyl sites for hydroxylation is 2. The number of carbonyl (C=O) groups is 1. The first kappa shape index (κ1) is 18.2. The molecule has 1 saturated heterocycles. The van der Waals surface area contributed by atoms with Gasteiger partial charge in [-0.05, 0) is 26.0 Å². The Morgan fingerprint density at radius 2 is 1.88 bits per heavy atom. The summed E-state index contributed by atoms with van der Waals surface area (Å²) in [6, 6.07) is 3.42. The normalized spacial score (nSPS) is 15.2. The number of nitrogens with zero attached hydrogens (tertiary/aromatic N) is 4. The average Bonchev–Trinajstić information content (AvgIpc) is 2.95. The fraction of sp³-hybridized carbons (Fsp3) is 0.438. The van der Waals surface area contributed by atoms with Gasteiger partial charge in [0, 0.05) is 33.1 Å². The summed E-state index contributed by atoms with van der Waals surface area (Å²) >= 11 is 0. The number of amides is 1. The van der Waals surface area contributed by atoms with Gasteiger partial charge in [0.25, 0.3) is 10.0 Å². The third kappa shape index (κ3) is 3.64. The number of sulfonamides is 1. The van der Waals surface area contributed by atoms with Crippen LogP contribution in [0.5, 0.6) is 0 Å². The minimum atomic E-state index is -3.81. The van der Waals surface area contributed by atoms with Crippen LogP contribution in [-0.4, -0.2) is 55.5 Å². The summed E-state index contributed by atoms with van der Waals surface area (Å²) in [6.07, 6.45) is 1.62. The molecule has 0 bridgehead atoms. The Balaban J connectivity index is 1.70. The van der Waals surface area contributed by atoms with Gasteiger partial charge in [-0.25, -0.2) is 13.4 Å². The van der Waals surface area contributed by atoms with Crippen LogP contribution in [0, 0.1) is 13.8 Å². The zero-order chi connectivity index (χ0) is 18.9. The molecule has 1 aliphatic rings. The molecule has 2 aromatic rings. The van der Waals surface area contributed by atoms with Crippen LogP contribution < -0.4 is 9.62 Å². The van der Waals surface area contributed by atoms with Gasteiger partial charge in [0.2, 0.25) is 5.91 Å². The molecule has 0 spiro atoms. The molecular weight excluding hydrogens is 358 g/mol. The maximum atomic E-state index is 12.5. The van der Waals surface area contributed by atoms with Crippen molar-refractivity contribution in [3.05, 3.63) is 29.8 Å². The van der Waals surface area contributed by atoms with E-state index in [0.717, 1.165) is 5.69 Å². The molecule has 3 rings (SSSR count). The van der Waals surface area contributed by atoms with Crippen molar-refractivity contribution in [3.8, 4) is 0 Å². The van der Waals surface area contributed by atoms with E-state index < -0.39 is 10.0 Å². The van der Waals surface area contributed by atoms with Crippen LogP contribution in [0.4, 0.5) is 11.5 Å². The Bertz CT molecular complexity index is 880. The van der Waals surface area contributed by atoms with Crippen molar-refractivity contribution in [1.82, 2.24) is 15.0 Å². The minimum absolute atomic E-state index is 0.0312. The van der Waals surface area contributed by atoms with E-state index in [0.29, 0.717) is 31.9 Å². The molecule has 2 aromatic heterocycles. The van der Waals surface area contributed by atoms with E-state index >= 15 is 0 Å². The van der Waals surface area contributed by atoms with Crippen molar-refractivity contribution in [1.29, 1.82) is 0 Å². The minimum Gasteiger partial charge on any atom is -0.367 e. The maximum absolute atomic E-state index is 12.5. The summed E-state index contributed by atoms with van der Waals surface area (Å²) < 4.78 is 32.3. The second kappa shape index (κ2) is 6.94. The molecule has 1 N–H and O–H groups in total. The number of piperazine rings is 1. The van der Waals surface area contributed by atoms with Crippen molar-refractivity contribution in [2.45, 2.75) is 25.7 Å². The van der Waals surface area contributed by atoms with Crippen molar-refractivity contribution in [3.63, 3.8) is 0 Å². The fourth-order valence-electron chi connectivity index (χ4n) is 2.96. The Morgan fingerprint density at radius 1 is 1.19 bits per heavy atom. The average molecular weight is 379 g/mol. The molecule has 0 aliphatic carbocycles. The maximum Gasteiger partial charge on any atom is 0.268 e. The lowest BCUT2D eigenvalue weighted by Crippen LogP contribution is -2.48. The molecule has 0 atom stereocenters. The van der Waals surface area contributed by atoms with E-state index in [4.69, 9.17) is 4.52 Å². The summed E-state index contributed by atoms with van der Waals surface area (Å²) in [5.41, 5.74) is 1.18. The van der Waals surface area contributed by atoms with Crippen molar-refractivity contribution in [2.75, 3.05) is 35.8 Å². The zero-order valence-electron chi connectivity index (χ0n) is 14.9. The SMILES string of the molecule is CC(=O)N1CCN(c2ccc(NS(=O)(=O)c3c(C)noc3C)nc2)CC1. The van der Waals surface area contributed by atoms with Crippen LogP contribution in [0.1, 0.15) is 18.4 Å². The number of carbonyl (C=O) groups excluding carboxylic acids is 1. The summed E-state index contributed by atoms with van der Waals surface area (Å²) in [7, 11) is -3.81. The number of rotatable bonds is 4. The first-order valence-corrected chi connectivity index (χ1v) is 9.68. The molecule has 1 amide bonds. The summed E-state index contributed by atoms with van der Waals surface area (Å²) in [5, 5.41) is 3.67. The van der Waals surface area contributed by atoms with E-state index in [1.165, 1.54) is 0 Å². The lowest BCUT2D eigenvalue weighted by Gasteiger charge is -2.35. The second-order valence-corrected chi connectivity index (χ2v) is 7.77. The number of anilines is 2. The van der Waals surface area contributed by atoms with Crippen LogP contribution in [0.25, 0.3) is 0 Å². The third-order valence-corrected chi connectivity index (χ3v) is 5.91. The molecule has 9 nitrogen and oxygen atoms in total. The molecule has 0 aromatic carbocycles. The van der Waals surface area contributed by atoms with E-state index in [2.05, 4.69) is 19.8 Å². The highest BCUT2D eigenvalue weighted by Gasteiger charge is 2.25. The van der Waals surface area contributed by atoms with Crippen molar-refractivity contribution in [2.24, 2.45) is 0 Å². The van der Waals surface area contributed by atoms with Gasteiger partial charge < -0.3 is 14.3 Å². The molecule has 0 radical (unpaired) electrons. The van der Waals surface area contributed by atoms with Crippen LogP contribution >= 0.6 is 0 Å². The van der Waals surface area contributed by atoms with E-state index in [1.54, 1.807) is 37.9 Å². The predicted molar refractivity (Wildman–Crippen MR) is 95.5 cm³/mol. The van der Waals surface area contributed by atoms with E-state index in [-0.39, 0.29) is 22.4 Å². The molecule has 0 unspecified atom stereocenters. The monoisotopic (exact) mass is 379 g/mol. The second-order valence-electron chi connectivity index (χ2n) is 6.15. The first-order chi connectivity index (χ1) is 12.3. The van der Waals surface area contributed by atoms with E-state index in [9.17, 15) is 13.2 Å². The number of aromatic nitrogens is 2. The Kier molecular flexibility index (Phi) is 4.86. The number of hydrogen-bond acceptors (Lipinski definition) is 7. The standard InChI is InChI=1S/C16H21N5O4S/c1-11-16(12(2)25-18-11)26(23,24)19-15-5-4-14(10-17-15)21-8-6-20(7-9-21)13(3)22/h4-5,10H,6-9H2,1-3H3,(H,17,19). The Morgan fingerprint density at radius 3 is 2.38 bits per heavy atom. The summed E-state index contributed by atoms with van der Waals surface area (Å²) in [5.74, 6) is 0.526. The molecule has 1 fully saturated rings. The molecular formula is C16H21N5O4S. The third-order valence-electron chi connectivity index (χ3n) is 4.31. The molecule has 26 heavy (non-hydrogen) atoms. The zero-order valence-corrected chi connectivity index (χ0v) is 15.7. The lowest BCUT2D eigenvalue weighted by atomic mass is 10.2. The van der Waals surface area contributed by atoms with Gasteiger partial charge in [0.15, 0.2) is 10.7 Å². The molecule has 10 heteroatoms. The number of hydrogen-bond donors (Lipinski definition) is 1. The van der Waals surface area contributed by atoms with Gasteiger partial charge in [-0.1, -0.05) is 5.16 Å². The van der Waals surface area contributed by atoms with Crippen molar-refractivity contribution >= 4 is 27.4 Å². The summed E-state index contributed by atoms with van der Waals surface area (Å²) in [4.78, 5) is 19.5. The van der Waals surface area contributed by atoms with Crippen molar-refractivity contribution < 1.29 is 17.7 Å². The van der Waals surface area contributed by atoms with Crippen LogP contribution in [0.2, 0.25) is 0 Å². The van der Waals surface area contributed by atoms with Gasteiger partial charge in [-0.15, -0.1) is 0 Å². The first-order valence-electron chi connectivity index (χ1n) is 8.20. The van der Waals surface area contributed by atoms with Gasteiger partial charge in [-0.2, -0.15) is 0 Å². The fourth-order valence-corrected chi connectivity index (χ4v) is 4.30. The lowest BCUT2D eigenvalue weighted by molar-refractivity contribution is -0.129. The molecule has 1 aliphatic heterocycles. The molecule has 140 valence electrons.